The molecule has 1 aromatic heterocycles. The van der Waals surface area contributed by atoms with Crippen molar-refractivity contribution in [2.45, 2.75) is 23.5 Å². The van der Waals surface area contributed by atoms with E-state index in [2.05, 4.69) is 10.2 Å². The molecule has 174 valence electrons. The van der Waals surface area contributed by atoms with Crippen LogP contribution in [0, 0.1) is 0 Å². The summed E-state index contributed by atoms with van der Waals surface area (Å²) >= 11 is 0. The fraction of sp³-hybridized carbons (Fsp3) is 0.385. The Morgan fingerprint density at radius 1 is 0.903 bits per heavy atom. The maximum atomic E-state index is 13.7. The van der Waals surface area contributed by atoms with Crippen molar-refractivity contribution < 1.29 is 57.1 Å². The molecule has 2 rings (SSSR count). The molecule has 0 fully saturated rings. The fourth-order valence-corrected chi connectivity index (χ4v) is 2.47. The van der Waals surface area contributed by atoms with Gasteiger partial charge in [-0.15, -0.1) is 5.10 Å². The van der Waals surface area contributed by atoms with Crippen LogP contribution in [0.3, 0.4) is 0 Å². The lowest BCUT2D eigenvalue weighted by atomic mass is 10.1. The molecular weight excluding hydrogens is 482 g/mol. The molecule has 7 nitrogen and oxygen atoms in total. The second-order valence-corrected chi connectivity index (χ2v) is 7.36. The quantitative estimate of drug-likeness (QED) is 0.615. The molecule has 31 heavy (non-hydrogen) atoms. The molecule has 1 heterocycles. The van der Waals surface area contributed by atoms with E-state index in [1.807, 2.05) is 0 Å². The van der Waals surface area contributed by atoms with Crippen molar-refractivity contribution in [3.8, 4) is 11.8 Å². The summed E-state index contributed by atoms with van der Waals surface area (Å²) in [6.07, 6.45) is -6.61. The fourth-order valence-electron chi connectivity index (χ4n) is 1.91. The number of benzene rings is 1. The first kappa shape index (κ1) is 24.5. The van der Waals surface area contributed by atoms with Gasteiger partial charge in [0.2, 0.25) is 5.82 Å². The van der Waals surface area contributed by atoms with E-state index in [0.29, 0.717) is 7.05 Å². The molecule has 2 aromatic rings. The number of hydrogen-bond donors (Lipinski definition) is 1. The number of nitrogens with one attached hydrogen (secondary N) is 1. The first-order valence-electron chi connectivity index (χ1n) is 7.40. The summed E-state index contributed by atoms with van der Waals surface area (Å²) in [5.74, 6) is -14.8. The van der Waals surface area contributed by atoms with Crippen LogP contribution in [-0.4, -0.2) is 40.8 Å². The zero-order valence-corrected chi connectivity index (χ0v) is 15.4. The number of nitrogens with zero attached hydrogens (tertiary/aromatic N) is 3. The Morgan fingerprint density at radius 3 is 1.87 bits per heavy atom. The molecule has 0 saturated heterocycles. The highest BCUT2D eigenvalue weighted by molar-refractivity contribution is 7.93. The van der Waals surface area contributed by atoms with Crippen LogP contribution in [-0.2, 0) is 23.0 Å². The van der Waals surface area contributed by atoms with E-state index in [4.69, 9.17) is 4.74 Å². The van der Waals surface area contributed by atoms with Crippen molar-refractivity contribution in [2.75, 3.05) is 4.72 Å². The molecule has 0 aliphatic rings. The third-order valence-corrected chi connectivity index (χ3v) is 4.60. The van der Waals surface area contributed by atoms with Gasteiger partial charge in [0.25, 0.3) is 0 Å². The van der Waals surface area contributed by atoms with Crippen molar-refractivity contribution >= 4 is 15.7 Å². The van der Waals surface area contributed by atoms with E-state index >= 15 is 0 Å². The number of aromatic nitrogens is 3. The summed E-state index contributed by atoms with van der Waals surface area (Å²) in [6, 6.07) is 2.18. The lowest BCUT2D eigenvalue weighted by molar-refractivity contribution is -0.361. The van der Waals surface area contributed by atoms with Crippen molar-refractivity contribution in [2.24, 2.45) is 7.05 Å². The molecule has 0 spiro atoms. The lowest BCUT2D eigenvalue weighted by Crippen LogP contribution is -2.51. The van der Waals surface area contributed by atoms with Crippen LogP contribution < -0.4 is 9.46 Å². The van der Waals surface area contributed by atoms with Crippen LogP contribution >= 0.6 is 0 Å². The molecule has 18 heteroatoms. The molecular formula is C13H8F10N4O3S. The molecule has 1 N–H and O–H groups in total. The van der Waals surface area contributed by atoms with E-state index in [1.54, 1.807) is 0 Å². The predicted molar refractivity (Wildman–Crippen MR) is 81.0 cm³/mol. The van der Waals surface area contributed by atoms with Gasteiger partial charge in [0, 0.05) is 12.7 Å². The summed E-state index contributed by atoms with van der Waals surface area (Å²) in [4.78, 5) is 0. The van der Waals surface area contributed by atoms with Crippen molar-refractivity contribution in [1.29, 1.82) is 0 Å². The van der Waals surface area contributed by atoms with Crippen molar-refractivity contribution in [3.63, 3.8) is 0 Å². The van der Waals surface area contributed by atoms with E-state index < -0.39 is 51.1 Å². The molecule has 0 aliphatic heterocycles. The number of ether oxygens (including phenoxy) is 1. The zero-order chi connectivity index (χ0) is 24.0. The van der Waals surface area contributed by atoms with Gasteiger partial charge in [-0.2, -0.15) is 52.3 Å². The minimum absolute atomic E-state index is 0.0000762. The monoisotopic (exact) mass is 490 g/mol. The summed E-state index contributed by atoms with van der Waals surface area (Å²) in [7, 11) is -5.14. The van der Waals surface area contributed by atoms with Gasteiger partial charge in [0.05, 0.1) is 0 Å². The van der Waals surface area contributed by atoms with E-state index in [-0.39, 0.29) is 10.3 Å². The highest BCUT2D eigenvalue weighted by Crippen LogP contribution is 2.51. The largest absolute Gasteiger partial charge is 0.516 e. The summed E-state index contributed by atoms with van der Waals surface area (Å²) in [5.41, 5.74) is -6.19. The van der Waals surface area contributed by atoms with Crippen LogP contribution in [0.1, 0.15) is 5.82 Å². The van der Waals surface area contributed by atoms with E-state index in [9.17, 15) is 52.3 Å². The van der Waals surface area contributed by atoms with Gasteiger partial charge in [-0.3, -0.25) is 9.29 Å². The molecule has 1 aromatic carbocycles. The third kappa shape index (κ3) is 4.47. The second-order valence-electron chi connectivity index (χ2n) is 5.69. The Kier molecular flexibility index (Phi) is 5.85. The number of anilines is 1. The SMILES string of the molecule is Cn1c(Oc2ccc(NS(=O)(=O)C(F)(F)F)cc2)nnc1C(F)(F)C(F)(F)C(F)(F)F. The van der Waals surface area contributed by atoms with Crippen LogP contribution in [0.15, 0.2) is 24.3 Å². The Bertz CT molecular complexity index is 1040. The number of alkyl halides is 10. The van der Waals surface area contributed by atoms with Crippen LogP contribution in [0.25, 0.3) is 0 Å². The molecule has 0 aliphatic carbocycles. The molecule has 0 amide bonds. The van der Waals surface area contributed by atoms with Crippen molar-refractivity contribution in [3.05, 3.63) is 30.1 Å². The Morgan fingerprint density at radius 2 is 1.42 bits per heavy atom. The Hall–Kier alpha value is -2.79. The average Bonchev–Trinajstić information content (AvgIpc) is 2.95. The maximum absolute atomic E-state index is 13.7. The zero-order valence-electron chi connectivity index (χ0n) is 14.6. The summed E-state index contributed by atoms with van der Waals surface area (Å²) in [5, 5.41) is 5.53. The van der Waals surface area contributed by atoms with Gasteiger partial charge in [0.15, 0.2) is 0 Å². The van der Waals surface area contributed by atoms with Gasteiger partial charge in [-0.05, 0) is 24.3 Å². The van der Waals surface area contributed by atoms with Crippen LogP contribution in [0.4, 0.5) is 49.6 Å². The third-order valence-electron chi connectivity index (χ3n) is 3.49. The topological polar surface area (TPSA) is 86.1 Å². The molecule has 0 unspecified atom stereocenters. The minimum atomic E-state index is -6.61. The second kappa shape index (κ2) is 7.41. The number of hydrogen-bond acceptors (Lipinski definition) is 5. The maximum Gasteiger partial charge on any atom is 0.516 e. The van der Waals surface area contributed by atoms with E-state index in [1.165, 1.54) is 4.72 Å². The van der Waals surface area contributed by atoms with Gasteiger partial charge >= 0.3 is 39.6 Å². The lowest BCUT2D eigenvalue weighted by Gasteiger charge is -2.27. The van der Waals surface area contributed by atoms with Crippen molar-refractivity contribution in [1.82, 2.24) is 14.8 Å². The summed E-state index contributed by atoms with van der Waals surface area (Å²) < 4.78 is 156. The van der Waals surface area contributed by atoms with Gasteiger partial charge in [0.1, 0.15) is 5.75 Å². The molecule has 0 saturated carbocycles. The van der Waals surface area contributed by atoms with Gasteiger partial charge < -0.3 is 4.74 Å². The molecule has 0 radical (unpaired) electrons. The summed E-state index contributed by atoms with van der Waals surface area (Å²) in [6.45, 7) is 0. The molecule has 0 bridgehead atoms. The average molecular weight is 490 g/mol. The Labute approximate surface area is 165 Å². The molecule has 0 atom stereocenters. The number of rotatable bonds is 6. The minimum Gasteiger partial charge on any atom is -0.424 e. The van der Waals surface area contributed by atoms with Gasteiger partial charge in [-0.25, -0.2) is 0 Å². The van der Waals surface area contributed by atoms with Crippen LogP contribution in [0.2, 0.25) is 0 Å². The van der Waals surface area contributed by atoms with Gasteiger partial charge in [-0.1, -0.05) is 5.10 Å². The number of halogens is 10. The van der Waals surface area contributed by atoms with E-state index in [0.717, 1.165) is 24.3 Å². The van der Waals surface area contributed by atoms with Crippen LogP contribution in [0.5, 0.6) is 11.8 Å². The predicted octanol–water partition coefficient (Wildman–Crippen LogP) is 4.16. The number of sulfonamides is 1. The standard InChI is InChI=1S/C13H8F10N4O3S/c1-27-8(10(14,15)11(16,17)12(18,19)20)24-25-9(27)30-7-4-2-6(3-5-7)26-31(28,29)13(21,22)23/h2-5,26H,1H3. The Balaban J connectivity index is 2.26. The highest BCUT2D eigenvalue weighted by Gasteiger charge is 2.75. The normalized spacial score (nSPS) is 13.9. The smallest absolute Gasteiger partial charge is 0.424 e. The first-order valence-corrected chi connectivity index (χ1v) is 8.89. The first-order chi connectivity index (χ1) is 13.8. The highest BCUT2D eigenvalue weighted by atomic mass is 32.2.